The Kier molecular flexibility index (Phi) is 3.91. The van der Waals surface area contributed by atoms with Crippen LogP contribution in [0.1, 0.15) is 11.1 Å². The molecule has 104 valence electrons. The third-order valence-corrected chi connectivity index (χ3v) is 3.20. The minimum Gasteiger partial charge on any atom is -0.379 e. The highest BCUT2D eigenvalue weighted by atomic mass is 19.4. The van der Waals surface area contributed by atoms with Crippen LogP contribution in [0, 0.1) is 5.92 Å². The second-order valence-corrected chi connectivity index (χ2v) is 4.65. The molecular weight excluding hydrogens is 259 g/mol. The third-order valence-electron chi connectivity index (χ3n) is 3.20. The van der Waals surface area contributed by atoms with Crippen LogP contribution in [0.4, 0.5) is 13.2 Å². The smallest absolute Gasteiger partial charge is 0.379 e. The van der Waals surface area contributed by atoms with Gasteiger partial charge in [-0.3, -0.25) is 4.79 Å². The molecule has 2 rings (SSSR count). The molecule has 2 unspecified atom stereocenters. The van der Waals surface area contributed by atoms with Crippen molar-refractivity contribution in [2.24, 2.45) is 11.7 Å². The van der Waals surface area contributed by atoms with Gasteiger partial charge in [0.15, 0.2) is 0 Å². The number of nitrogens with two attached hydrogens (primary N) is 1. The lowest BCUT2D eigenvalue weighted by atomic mass is 9.94. The van der Waals surface area contributed by atoms with Crippen LogP contribution in [0.2, 0.25) is 0 Å². The number of halogens is 3. The van der Waals surface area contributed by atoms with Gasteiger partial charge in [-0.1, -0.05) is 12.1 Å². The van der Waals surface area contributed by atoms with Crippen LogP contribution in [0.15, 0.2) is 24.3 Å². The average Bonchev–Trinajstić information content (AvgIpc) is 2.75. The molecule has 1 fully saturated rings. The quantitative estimate of drug-likeness (QED) is 0.913. The Labute approximate surface area is 108 Å². The summed E-state index contributed by atoms with van der Waals surface area (Å²) < 4.78 is 42.2. The minimum absolute atomic E-state index is 0.0832. The molecule has 1 saturated heterocycles. The largest absolute Gasteiger partial charge is 0.416 e. The fraction of sp³-hybridized carbons (Fsp3) is 0.462. The fourth-order valence-corrected chi connectivity index (χ4v) is 2.05. The van der Waals surface area contributed by atoms with Gasteiger partial charge in [0.2, 0.25) is 0 Å². The molecule has 0 amide bonds. The molecule has 0 aromatic heterocycles. The van der Waals surface area contributed by atoms with Crippen LogP contribution in [0.25, 0.3) is 0 Å². The topological polar surface area (TPSA) is 52.3 Å². The number of rotatable bonds is 3. The first-order valence-electron chi connectivity index (χ1n) is 5.90. The highest BCUT2D eigenvalue weighted by molar-refractivity contribution is 5.84. The summed E-state index contributed by atoms with van der Waals surface area (Å²) in [5, 5.41) is 0. The number of carbonyl (C=O) groups is 1. The molecule has 2 N–H and O–H groups in total. The van der Waals surface area contributed by atoms with Crippen molar-refractivity contribution in [1.29, 1.82) is 0 Å². The van der Waals surface area contributed by atoms with Gasteiger partial charge < -0.3 is 10.5 Å². The van der Waals surface area contributed by atoms with Gasteiger partial charge in [0.25, 0.3) is 0 Å². The molecule has 1 aliphatic heterocycles. The SMILES string of the molecule is NC1COCC1C(=O)Cc1ccc(C(F)(F)F)cc1. The van der Waals surface area contributed by atoms with Crippen molar-refractivity contribution in [2.75, 3.05) is 13.2 Å². The van der Waals surface area contributed by atoms with E-state index in [1.807, 2.05) is 0 Å². The molecule has 0 bridgehead atoms. The Bertz CT molecular complexity index is 456. The highest BCUT2D eigenvalue weighted by Crippen LogP contribution is 2.29. The van der Waals surface area contributed by atoms with Gasteiger partial charge in [-0.25, -0.2) is 0 Å². The standard InChI is InChI=1S/C13H14F3NO2/c14-13(15,16)9-3-1-8(2-4-9)5-12(18)10-6-19-7-11(10)17/h1-4,10-11H,5-7,17H2. The molecule has 2 atom stereocenters. The number of alkyl halides is 3. The van der Waals surface area contributed by atoms with Gasteiger partial charge in [0, 0.05) is 12.5 Å². The summed E-state index contributed by atoms with van der Waals surface area (Å²) in [5.74, 6) is -0.452. The first kappa shape index (κ1) is 14.0. The predicted molar refractivity (Wildman–Crippen MR) is 62.4 cm³/mol. The van der Waals surface area contributed by atoms with Gasteiger partial charge >= 0.3 is 6.18 Å². The molecule has 19 heavy (non-hydrogen) atoms. The van der Waals surface area contributed by atoms with Gasteiger partial charge in [0.1, 0.15) is 5.78 Å². The van der Waals surface area contributed by atoms with E-state index >= 15 is 0 Å². The van der Waals surface area contributed by atoms with Crippen molar-refractivity contribution in [3.8, 4) is 0 Å². The summed E-state index contributed by atoms with van der Waals surface area (Å²) in [6.07, 6.45) is -4.27. The molecule has 1 aromatic rings. The second kappa shape index (κ2) is 5.30. The summed E-state index contributed by atoms with van der Waals surface area (Å²) >= 11 is 0. The minimum atomic E-state index is -4.36. The molecule has 0 saturated carbocycles. The Morgan fingerprint density at radius 3 is 2.37 bits per heavy atom. The maximum absolute atomic E-state index is 12.4. The van der Waals surface area contributed by atoms with Gasteiger partial charge in [-0.05, 0) is 17.7 Å². The molecule has 1 heterocycles. The van der Waals surface area contributed by atoms with Crippen molar-refractivity contribution in [3.63, 3.8) is 0 Å². The third kappa shape index (κ3) is 3.33. The number of ether oxygens (including phenoxy) is 1. The van der Waals surface area contributed by atoms with E-state index in [0.717, 1.165) is 12.1 Å². The normalized spacial score (nSPS) is 23.6. The van der Waals surface area contributed by atoms with Crippen LogP contribution in [-0.2, 0) is 22.1 Å². The summed E-state index contributed by atoms with van der Waals surface area (Å²) in [7, 11) is 0. The zero-order chi connectivity index (χ0) is 14.0. The maximum Gasteiger partial charge on any atom is 0.416 e. The summed E-state index contributed by atoms with van der Waals surface area (Å²) in [4.78, 5) is 11.9. The Balaban J connectivity index is 2.02. The number of benzene rings is 1. The van der Waals surface area contributed by atoms with Crippen molar-refractivity contribution >= 4 is 5.78 Å². The van der Waals surface area contributed by atoms with E-state index in [-0.39, 0.29) is 24.2 Å². The molecular formula is C13H14F3NO2. The lowest BCUT2D eigenvalue weighted by Gasteiger charge is -2.12. The first-order valence-corrected chi connectivity index (χ1v) is 5.90. The maximum atomic E-state index is 12.4. The Hall–Kier alpha value is -1.40. The molecule has 0 spiro atoms. The van der Waals surface area contributed by atoms with E-state index in [9.17, 15) is 18.0 Å². The van der Waals surface area contributed by atoms with Gasteiger partial charge in [-0.2, -0.15) is 13.2 Å². The summed E-state index contributed by atoms with van der Waals surface area (Å²) in [6, 6.07) is 4.29. The van der Waals surface area contributed by atoms with E-state index < -0.39 is 11.7 Å². The Morgan fingerprint density at radius 2 is 1.89 bits per heavy atom. The number of carbonyl (C=O) groups excluding carboxylic acids is 1. The summed E-state index contributed by atoms with van der Waals surface area (Å²) in [6.45, 7) is 0.643. The van der Waals surface area contributed by atoms with Crippen LogP contribution in [0.5, 0.6) is 0 Å². The number of hydrogen-bond donors (Lipinski definition) is 1. The Morgan fingerprint density at radius 1 is 1.26 bits per heavy atom. The monoisotopic (exact) mass is 273 g/mol. The van der Waals surface area contributed by atoms with E-state index in [1.165, 1.54) is 12.1 Å². The highest BCUT2D eigenvalue weighted by Gasteiger charge is 2.32. The molecule has 0 radical (unpaired) electrons. The van der Waals surface area contributed by atoms with Crippen LogP contribution in [-0.4, -0.2) is 25.0 Å². The van der Waals surface area contributed by atoms with Crippen molar-refractivity contribution in [2.45, 2.75) is 18.6 Å². The lowest BCUT2D eigenvalue weighted by molar-refractivity contribution is -0.137. The molecule has 1 aliphatic rings. The average molecular weight is 273 g/mol. The number of ketones is 1. The lowest BCUT2D eigenvalue weighted by Crippen LogP contribution is -2.34. The molecule has 1 aromatic carbocycles. The van der Waals surface area contributed by atoms with E-state index in [4.69, 9.17) is 10.5 Å². The van der Waals surface area contributed by atoms with Crippen molar-refractivity contribution in [1.82, 2.24) is 0 Å². The number of hydrogen-bond acceptors (Lipinski definition) is 3. The molecule has 0 aliphatic carbocycles. The summed E-state index contributed by atoms with van der Waals surface area (Å²) in [5.41, 5.74) is 5.56. The van der Waals surface area contributed by atoms with Crippen LogP contribution in [0.3, 0.4) is 0 Å². The molecule has 3 nitrogen and oxygen atoms in total. The zero-order valence-electron chi connectivity index (χ0n) is 10.1. The van der Waals surface area contributed by atoms with E-state index in [1.54, 1.807) is 0 Å². The van der Waals surface area contributed by atoms with Crippen molar-refractivity contribution < 1.29 is 22.7 Å². The molecule has 6 heteroatoms. The number of Topliss-reactive ketones (excluding diaryl/α,β-unsaturated/α-hetero) is 1. The predicted octanol–water partition coefficient (Wildman–Crippen LogP) is 1.79. The second-order valence-electron chi connectivity index (χ2n) is 4.65. The van der Waals surface area contributed by atoms with Gasteiger partial charge in [0.05, 0.1) is 24.7 Å². The first-order chi connectivity index (χ1) is 8.88. The van der Waals surface area contributed by atoms with Crippen LogP contribution >= 0.6 is 0 Å². The van der Waals surface area contributed by atoms with Crippen molar-refractivity contribution in [3.05, 3.63) is 35.4 Å². The fourth-order valence-electron chi connectivity index (χ4n) is 2.05. The van der Waals surface area contributed by atoms with Crippen LogP contribution < -0.4 is 5.73 Å². The zero-order valence-corrected chi connectivity index (χ0v) is 10.1. The van der Waals surface area contributed by atoms with Gasteiger partial charge in [-0.15, -0.1) is 0 Å². The van der Waals surface area contributed by atoms with E-state index in [2.05, 4.69) is 0 Å². The van der Waals surface area contributed by atoms with E-state index in [0.29, 0.717) is 18.8 Å².